The molecule has 2 amide bonds. The molecule has 1 aromatic heterocycles. The van der Waals surface area contributed by atoms with Gasteiger partial charge in [-0.25, -0.2) is 0 Å². The summed E-state index contributed by atoms with van der Waals surface area (Å²) in [7, 11) is 0. The van der Waals surface area contributed by atoms with Crippen LogP contribution in [-0.4, -0.2) is 35.8 Å². The van der Waals surface area contributed by atoms with Crippen molar-refractivity contribution in [3.05, 3.63) is 24.2 Å². The summed E-state index contributed by atoms with van der Waals surface area (Å²) < 4.78 is 5.00. The first-order chi connectivity index (χ1) is 9.51. The number of nitrogens with zero attached hydrogens (tertiary/aromatic N) is 2. The van der Waals surface area contributed by atoms with Crippen LogP contribution >= 0.6 is 0 Å². The molecule has 6 nitrogen and oxygen atoms in total. The minimum absolute atomic E-state index is 0.00910. The predicted octanol–water partition coefficient (Wildman–Crippen LogP) is 1.41. The van der Waals surface area contributed by atoms with Crippen molar-refractivity contribution in [3.8, 4) is 6.07 Å². The number of likely N-dealkylation sites (N-methyl/N-ethyl adjacent to an activating group) is 1. The summed E-state index contributed by atoms with van der Waals surface area (Å²) in [5.41, 5.74) is 0. The highest BCUT2D eigenvalue weighted by atomic mass is 16.3. The average molecular weight is 277 g/mol. The van der Waals surface area contributed by atoms with Crippen LogP contribution < -0.4 is 5.32 Å². The quantitative estimate of drug-likeness (QED) is 0.796. The number of furan rings is 1. The normalized spacial score (nSPS) is 11.8. The van der Waals surface area contributed by atoms with Gasteiger partial charge >= 0.3 is 0 Å². The van der Waals surface area contributed by atoms with Crippen LogP contribution in [0.5, 0.6) is 0 Å². The number of rotatable bonds is 6. The van der Waals surface area contributed by atoms with Gasteiger partial charge in [0.25, 0.3) is 5.91 Å². The molecule has 0 radical (unpaired) electrons. The standard InChI is InChI=1S/C14H19N3O3/c1-4-17(8-7-15)14(19)12(10(2)3)16-13(18)11-6-5-9-20-11/h5-6,9-10,12H,4,8H2,1-3H3,(H,16,18). The van der Waals surface area contributed by atoms with Crippen molar-refractivity contribution in [1.82, 2.24) is 10.2 Å². The monoisotopic (exact) mass is 277 g/mol. The average Bonchev–Trinajstić information content (AvgIpc) is 2.94. The van der Waals surface area contributed by atoms with Crippen LogP contribution in [-0.2, 0) is 4.79 Å². The maximum Gasteiger partial charge on any atom is 0.287 e. The lowest BCUT2D eigenvalue weighted by Gasteiger charge is -2.27. The molecule has 0 bridgehead atoms. The van der Waals surface area contributed by atoms with E-state index in [-0.39, 0.29) is 24.1 Å². The lowest BCUT2D eigenvalue weighted by Crippen LogP contribution is -2.51. The zero-order valence-electron chi connectivity index (χ0n) is 11.9. The summed E-state index contributed by atoms with van der Waals surface area (Å²) in [6.45, 7) is 5.90. The minimum Gasteiger partial charge on any atom is -0.459 e. The topological polar surface area (TPSA) is 86.3 Å². The maximum absolute atomic E-state index is 12.3. The summed E-state index contributed by atoms with van der Waals surface area (Å²) in [6.07, 6.45) is 1.40. The second-order valence-electron chi connectivity index (χ2n) is 4.68. The molecular formula is C14H19N3O3. The number of amides is 2. The minimum atomic E-state index is -0.680. The lowest BCUT2D eigenvalue weighted by atomic mass is 10.0. The van der Waals surface area contributed by atoms with Crippen molar-refractivity contribution < 1.29 is 14.0 Å². The Hall–Kier alpha value is -2.29. The fourth-order valence-electron chi connectivity index (χ4n) is 1.76. The molecule has 0 saturated carbocycles. The van der Waals surface area contributed by atoms with Gasteiger partial charge in [-0.2, -0.15) is 5.26 Å². The van der Waals surface area contributed by atoms with E-state index in [1.807, 2.05) is 19.9 Å². The van der Waals surface area contributed by atoms with Crippen LogP contribution in [0.2, 0.25) is 0 Å². The van der Waals surface area contributed by atoms with Gasteiger partial charge in [0, 0.05) is 6.54 Å². The van der Waals surface area contributed by atoms with Crippen LogP contribution in [0.3, 0.4) is 0 Å². The van der Waals surface area contributed by atoms with E-state index in [2.05, 4.69) is 5.32 Å². The van der Waals surface area contributed by atoms with Crippen molar-refractivity contribution >= 4 is 11.8 Å². The van der Waals surface area contributed by atoms with Gasteiger partial charge in [0.2, 0.25) is 5.91 Å². The number of nitrogens with one attached hydrogen (secondary N) is 1. The molecule has 1 atom stereocenters. The molecule has 1 rings (SSSR count). The fourth-order valence-corrected chi connectivity index (χ4v) is 1.76. The number of carbonyl (C=O) groups excluding carboxylic acids is 2. The molecule has 6 heteroatoms. The molecule has 0 aromatic carbocycles. The van der Waals surface area contributed by atoms with E-state index in [0.29, 0.717) is 6.54 Å². The first kappa shape index (κ1) is 15.8. The number of hydrogen-bond donors (Lipinski definition) is 1. The Morgan fingerprint density at radius 2 is 2.20 bits per heavy atom. The Balaban J connectivity index is 2.81. The van der Waals surface area contributed by atoms with E-state index < -0.39 is 11.9 Å². The fraction of sp³-hybridized carbons (Fsp3) is 0.500. The van der Waals surface area contributed by atoms with Gasteiger partial charge in [-0.05, 0) is 25.0 Å². The van der Waals surface area contributed by atoms with E-state index in [1.54, 1.807) is 13.0 Å². The summed E-state index contributed by atoms with van der Waals surface area (Å²) in [5.74, 6) is -0.625. The maximum atomic E-state index is 12.3. The van der Waals surface area contributed by atoms with E-state index in [0.717, 1.165) is 0 Å². The molecule has 0 aliphatic carbocycles. The van der Waals surface area contributed by atoms with Crippen LogP contribution in [0.1, 0.15) is 31.3 Å². The molecule has 108 valence electrons. The molecule has 0 saturated heterocycles. The molecule has 0 fully saturated rings. The third kappa shape index (κ3) is 3.85. The second-order valence-corrected chi connectivity index (χ2v) is 4.68. The zero-order valence-corrected chi connectivity index (χ0v) is 11.9. The Morgan fingerprint density at radius 1 is 1.50 bits per heavy atom. The molecule has 0 aliphatic heterocycles. The molecule has 1 heterocycles. The van der Waals surface area contributed by atoms with E-state index in [4.69, 9.17) is 9.68 Å². The Kier molecular flexibility index (Phi) is 5.78. The zero-order chi connectivity index (χ0) is 15.1. The van der Waals surface area contributed by atoms with E-state index in [1.165, 1.54) is 17.2 Å². The molecule has 1 unspecified atom stereocenters. The summed E-state index contributed by atoms with van der Waals surface area (Å²) in [5, 5.41) is 11.4. The van der Waals surface area contributed by atoms with Crippen LogP contribution in [0.25, 0.3) is 0 Å². The van der Waals surface area contributed by atoms with Crippen molar-refractivity contribution in [2.45, 2.75) is 26.8 Å². The Bertz CT molecular complexity index is 488. The number of nitriles is 1. The molecule has 0 spiro atoms. The molecule has 0 aliphatic rings. The Labute approximate surface area is 118 Å². The van der Waals surface area contributed by atoms with Gasteiger partial charge in [-0.1, -0.05) is 13.8 Å². The highest BCUT2D eigenvalue weighted by molar-refractivity contribution is 5.95. The number of carbonyl (C=O) groups is 2. The van der Waals surface area contributed by atoms with Gasteiger partial charge in [-0.15, -0.1) is 0 Å². The molecule has 1 aromatic rings. The third-order valence-electron chi connectivity index (χ3n) is 2.92. The smallest absolute Gasteiger partial charge is 0.287 e. The van der Waals surface area contributed by atoms with Gasteiger partial charge < -0.3 is 14.6 Å². The van der Waals surface area contributed by atoms with Crippen LogP contribution in [0.4, 0.5) is 0 Å². The van der Waals surface area contributed by atoms with Crippen LogP contribution in [0, 0.1) is 17.2 Å². The van der Waals surface area contributed by atoms with Gasteiger partial charge in [0.1, 0.15) is 12.6 Å². The van der Waals surface area contributed by atoms with Gasteiger partial charge in [-0.3, -0.25) is 9.59 Å². The Morgan fingerprint density at radius 3 is 2.65 bits per heavy atom. The van der Waals surface area contributed by atoms with Crippen molar-refractivity contribution in [1.29, 1.82) is 5.26 Å². The van der Waals surface area contributed by atoms with Crippen molar-refractivity contribution in [2.75, 3.05) is 13.1 Å². The van der Waals surface area contributed by atoms with E-state index >= 15 is 0 Å². The first-order valence-electron chi connectivity index (χ1n) is 6.51. The third-order valence-corrected chi connectivity index (χ3v) is 2.92. The van der Waals surface area contributed by atoms with Gasteiger partial charge in [0.05, 0.1) is 12.3 Å². The van der Waals surface area contributed by atoms with Crippen molar-refractivity contribution in [2.24, 2.45) is 5.92 Å². The highest BCUT2D eigenvalue weighted by Gasteiger charge is 2.28. The molecule has 1 N–H and O–H groups in total. The highest BCUT2D eigenvalue weighted by Crippen LogP contribution is 2.08. The van der Waals surface area contributed by atoms with Crippen LogP contribution in [0.15, 0.2) is 22.8 Å². The number of hydrogen-bond acceptors (Lipinski definition) is 4. The lowest BCUT2D eigenvalue weighted by molar-refractivity contribution is -0.133. The second kappa shape index (κ2) is 7.34. The van der Waals surface area contributed by atoms with Gasteiger partial charge in [0.15, 0.2) is 5.76 Å². The van der Waals surface area contributed by atoms with E-state index in [9.17, 15) is 9.59 Å². The summed E-state index contributed by atoms with van der Waals surface area (Å²) in [6, 6.07) is 4.41. The SMILES string of the molecule is CCN(CC#N)C(=O)C(NC(=O)c1ccco1)C(C)C. The predicted molar refractivity (Wildman–Crippen MR) is 72.7 cm³/mol. The largest absolute Gasteiger partial charge is 0.459 e. The molecular weight excluding hydrogens is 258 g/mol. The summed E-state index contributed by atoms with van der Waals surface area (Å²) in [4.78, 5) is 25.7. The first-order valence-corrected chi connectivity index (χ1v) is 6.51. The summed E-state index contributed by atoms with van der Waals surface area (Å²) >= 11 is 0. The van der Waals surface area contributed by atoms with Crippen molar-refractivity contribution in [3.63, 3.8) is 0 Å². The molecule has 20 heavy (non-hydrogen) atoms.